The molecule has 11 nitrogen and oxygen atoms in total. The maximum atomic E-state index is 13.3. The van der Waals surface area contributed by atoms with Gasteiger partial charge in [-0.05, 0) is 89.4 Å². The first-order valence-electron chi connectivity index (χ1n) is 20.4. The standard InChI is InChI=1S/C44H62O11/c1-39(22-45)18-28-26-13-14-30-42(4,41(26,3)15-16-44(28,38(51)52)31(48)19-39)17-25-11-12-27-34(53-20-24-9-7-6-8-10-24)36(40(2,23-46)35(25)43(27,30)5)55-37-33(50)32(49)29(47)21-54-37/h6-13,25,27-37,45-50H,14-23H2,1-5H3,(H,51,52)/t25-,27-,28+,29-,30-,31-,32+,33-,34-,35-,36-,37-,39-,40+,41-,42-,43-,44-/m1/s1. The van der Waals surface area contributed by atoms with E-state index in [0.717, 1.165) is 17.6 Å². The van der Waals surface area contributed by atoms with E-state index in [4.69, 9.17) is 14.2 Å². The summed E-state index contributed by atoms with van der Waals surface area (Å²) in [7, 11) is 0. The molecular formula is C44H62O11. The normalized spacial score (nSPS) is 52.7. The Balaban J connectivity index is 1.23. The molecule has 4 saturated carbocycles. The van der Waals surface area contributed by atoms with Gasteiger partial charge in [0.05, 0.1) is 38.1 Å². The molecule has 1 aliphatic heterocycles. The SMILES string of the molecule is C[C@]1(CO)C[C@@H](O)[C@@]2(C(=O)O)CC[C@]3(C)C(=CC[C@H]4[C@@]5(C)[C@@H]6C=C[C@H](C[C@]43C)[C@@H]5[C@](C)(CO)[C@H](O[C@H]3OC[C@@H](O)[C@H](O)[C@H]3O)[C@@H]6OCc3ccccc3)[C@@H]2C1. The van der Waals surface area contributed by atoms with Crippen LogP contribution in [0.15, 0.2) is 54.1 Å². The van der Waals surface area contributed by atoms with Gasteiger partial charge in [0, 0.05) is 17.9 Å². The summed E-state index contributed by atoms with van der Waals surface area (Å²) >= 11 is 0. The molecule has 7 aliphatic rings. The number of carboxylic acid groups (broad SMARTS) is 1. The van der Waals surface area contributed by atoms with E-state index in [2.05, 4.69) is 45.9 Å². The number of benzene rings is 1. The third-order valence-electron chi connectivity index (χ3n) is 17.2. The number of aliphatic carboxylic acids is 1. The van der Waals surface area contributed by atoms with Crippen molar-refractivity contribution in [2.75, 3.05) is 19.8 Å². The molecule has 0 spiro atoms. The summed E-state index contributed by atoms with van der Waals surface area (Å²) in [6.45, 7) is 10.8. The smallest absolute Gasteiger partial charge is 0.312 e. The summed E-state index contributed by atoms with van der Waals surface area (Å²) in [4.78, 5) is 13.3. The molecule has 5 fully saturated rings. The van der Waals surface area contributed by atoms with Crippen LogP contribution in [-0.4, -0.2) is 104 Å². The molecule has 0 radical (unpaired) electrons. The van der Waals surface area contributed by atoms with Crippen molar-refractivity contribution in [3.8, 4) is 0 Å². The van der Waals surface area contributed by atoms with E-state index in [1.807, 2.05) is 37.3 Å². The predicted octanol–water partition coefficient (Wildman–Crippen LogP) is 3.83. The summed E-state index contributed by atoms with van der Waals surface area (Å²) in [6.07, 6.45) is 2.22. The molecule has 0 amide bonds. The van der Waals surface area contributed by atoms with Crippen molar-refractivity contribution in [3.05, 3.63) is 59.7 Å². The van der Waals surface area contributed by atoms with Crippen LogP contribution in [0.3, 0.4) is 0 Å². The fourth-order valence-corrected chi connectivity index (χ4v) is 14.3. The average molecular weight is 767 g/mol. The van der Waals surface area contributed by atoms with Crippen LogP contribution in [0.2, 0.25) is 0 Å². The Kier molecular flexibility index (Phi) is 9.67. The van der Waals surface area contributed by atoms with Crippen LogP contribution in [0.1, 0.15) is 78.7 Å². The van der Waals surface area contributed by atoms with E-state index in [1.165, 1.54) is 0 Å². The Morgan fingerprint density at radius 3 is 2.31 bits per heavy atom. The zero-order valence-electron chi connectivity index (χ0n) is 32.9. The molecule has 1 aromatic rings. The Hall–Kier alpha value is -2.19. The zero-order chi connectivity index (χ0) is 39.5. The third kappa shape index (κ3) is 5.36. The maximum absolute atomic E-state index is 13.3. The van der Waals surface area contributed by atoms with Gasteiger partial charge >= 0.3 is 5.97 Å². The van der Waals surface area contributed by atoms with Gasteiger partial charge in [-0.2, -0.15) is 0 Å². The van der Waals surface area contributed by atoms with Gasteiger partial charge in [0.25, 0.3) is 0 Å². The highest BCUT2D eigenvalue weighted by molar-refractivity contribution is 5.77. The Morgan fingerprint density at radius 1 is 0.909 bits per heavy atom. The average Bonchev–Trinajstić information content (AvgIpc) is 3.14. The zero-order valence-corrected chi connectivity index (χ0v) is 32.9. The largest absolute Gasteiger partial charge is 0.481 e. The van der Waals surface area contributed by atoms with Crippen molar-refractivity contribution >= 4 is 5.97 Å². The van der Waals surface area contributed by atoms with Gasteiger partial charge in [0.2, 0.25) is 0 Å². The first-order chi connectivity index (χ1) is 25.9. The van der Waals surface area contributed by atoms with Crippen LogP contribution in [0, 0.1) is 62.1 Å². The van der Waals surface area contributed by atoms with Crippen molar-refractivity contribution in [2.45, 2.75) is 123 Å². The minimum Gasteiger partial charge on any atom is -0.481 e. The highest BCUT2D eigenvalue weighted by atomic mass is 16.7. The number of aliphatic hydroxyl groups excluding tert-OH is 6. The summed E-state index contributed by atoms with van der Waals surface area (Å²) < 4.78 is 19.5. The maximum Gasteiger partial charge on any atom is 0.312 e. The number of fused-ring (bicyclic) bond motifs is 5. The van der Waals surface area contributed by atoms with Crippen molar-refractivity contribution in [1.29, 1.82) is 0 Å². The van der Waals surface area contributed by atoms with Crippen LogP contribution in [-0.2, 0) is 25.6 Å². The molecule has 18 atom stereocenters. The Bertz CT molecular complexity index is 1700. The van der Waals surface area contributed by atoms with Crippen LogP contribution in [0.5, 0.6) is 0 Å². The number of carbonyl (C=O) groups is 1. The molecule has 4 bridgehead atoms. The second-order valence-electron chi connectivity index (χ2n) is 19.8. The molecule has 1 saturated heterocycles. The van der Waals surface area contributed by atoms with Crippen molar-refractivity contribution < 1.29 is 54.8 Å². The number of aliphatic hydroxyl groups is 6. The monoisotopic (exact) mass is 766 g/mol. The number of carboxylic acids is 1. The molecule has 55 heavy (non-hydrogen) atoms. The highest BCUT2D eigenvalue weighted by Gasteiger charge is 2.76. The number of hydrogen-bond acceptors (Lipinski definition) is 10. The number of rotatable bonds is 8. The quantitative estimate of drug-likeness (QED) is 0.151. The van der Waals surface area contributed by atoms with Gasteiger partial charge in [0.15, 0.2) is 6.29 Å². The third-order valence-corrected chi connectivity index (χ3v) is 17.2. The van der Waals surface area contributed by atoms with Gasteiger partial charge in [-0.25, -0.2) is 0 Å². The van der Waals surface area contributed by atoms with E-state index in [1.54, 1.807) is 0 Å². The second kappa shape index (κ2) is 13.4. The molecular weight excluding hydrogens is 704 g/mol. The molecule has 0 unspecified atom stereocenters. The van der Waals surface area contributed by atoms with Gasteiger partial charge in [-0.3, -0.25) is 4.79 Å². The Morgan fingerprint density at radius 2 is 1.64 bits per heavy atom. The molecule has 7 N–H and O–H groups in total. The lowest BCUT2D eigenvalue weighted by Crippen LogP contribution is -2.75. The first kappa shape index (κ1) is 39.6. The summed E-state index contributed by atoms with van der Waals surface area (Å²) in [6, 6.07) is 9.88. The van der Waals surface area contributed by atoms with Crippen LogP contribution >= 0.6 is 0 Å². The second-order valence-corrected chi connectivity index (χ2v) is 19.8. The molecule has 0 aromatic heterocycles. The molecule has 1 aromatic carbocycles. The molecule has 8 rings (SSSR count). The van der Waals surface area contributed by atoms with Crippen LogP contribution in [0.4, 0.5) is 0 Å². The lowest BCUT2D eigenvalue weighted by atomic mass is 9.29. The summed E-state index contributed by atoms with van der Waals surface area (Å²) in [5, 5.41) is 76.6. The van der Waals surface area contributed by atoms with Crippen LogP contribution in [0.25, 0.3) is 0 Å². The van der Waals surface area contributed by atoms with Crippen molar-refractivity contribution in [3.63, 3.8) is 0 Å². The topological polar surface area (TPSA) is 186 Å². The molecule has 11 heteroatoms. The van der Waals surface area contributed by atoms with Crippen molar-refractivity contribution in [2.24, 2.45) is 62.1 Å². The van der Waals surface area contributed by atoms with E-state index in [-0.39, 0.29) is 61.9 Å². The molecule has 304 valence electrons. The van der Waals surface area contributed by atoms with Gasteiger partial charge in [0.1, 0.15) is 23.7 Å². The van der Waals surface area contributed by atoms with Gasteiger partial charge in [-0.1, -0.05) is 88.8 Å². The number of ether oxygens (including phenoxy) is 3. The van der Waals surface area contributed by atoms with E-state index in [9.17, 15) is 40.5 Å². The lowest BCUT2D eigenvalue weighted by molar-refractivity contribution is -0.346. The van der Waals surface area contributed by atoms with Crippen LogP contribution < -0.4 is 0 Å². The number of allylic oxidation sites excluding steroid dienone is 3. The molecule has 6 aliphatic carbocycles. The van der Waals surface area contributed by atoms with E-state index in [0.29, 0.717) is 25.7 Å². The van der Waals surface area contributed by atoms with Gasteiger partial charge in [-0.15, -0.1) is 0 Å². The molecule has 1 heterocycles. The number of hydrogen-bond donors (Lipinski definition) is 7. The summed E-state index contributed by atoms with van der Waals surface area (Å²) in [5.41, 5.74) is -1.82. The summed E-state index contributed by atoms with van der Waals surface area (Å²) in [5.74, 6) is -1.51. The highest BCUT2D eigenvalue weighted by Crippen LogP contribution is 2.79. The van der Waals surface area contributed by atoms with Crippen molar-refractivity contribution in [1.82, 2.24) is 0 Å². The van der Waals surface area contributed by atoms with E-state index >= 15 is 0 Å². The lowest BCUT2D eigenvalue weighted by Gasteiger charge is -2.76. The fraction of sp³-hybridized carbons (Fsp3) is 0.750. The Labute approximate surface area is 324 Å². The minimum atomic E-state index is -1.51. The predicted molar refractivity (Wildman–Crippen MR) is 201 cm³/mol. The minimum absolute atomic E-state index is 0.0208. The first-order valence-corrected chi connectivity index (χ1v) is 20.4. The van der Waals surface area contributed by atoms with Gasteiger partial charge < -0.3 is 50.0 Å². The fourth-order valence-electron chi connectivity index (χ4n) is 14.3. The van der Waals surface area contributed by atoms with E-state index < -0.39 is 81.9 Å².